The Bertz CT molecular complexity index is 6490. The van der Waals surface area contributed by atoms with E-state index in [4.69, 9.17) is 0 Å². The average molecular weight is 1760 g/mol. The van der Waals surface area contributed by atoms with Crippen LogP contribution in [0.5, 0.6) is 0 Å². The van der Waals surface area contributed by atoms with Crippen LogP contribution in [0.3, 0.4) is 0 Å². The van der Waals surface area contributed by atoms with Crippen molar-refractivity contribution in [2.45, 2.75) is 332 Å². The summed E-state index contributed by atoms with van der Waals surface area (Å²) in [5, 5.41) is 17.5. The van der Waals surface area contributed by atoms with E-state index in [-0.39, 0.29) is 0 Å². The van der Waals surface area contributed by atoms with Crippen molar-refractivity contribution in [2.75, 3.05) is 0 Å². The van der Waals surface area contributed by atoms with Crippen LogP contribution < -0.4 is 0 Å². The van der Waals surface area contributed by atoms with E-state index in [0.29, 0.717) is 0 Å². The van der Waals surface area contributed by atoms with Crippen molar-refractivity contribution in [3.63, 3.8) is 0 Å². The number of hydrogen-bond donors (Lipinski definition) is 0. The maximum absolute atomic E-state index is 2.42. The summed E-state index contributed by atoms with van der Waals surface area (Å²) >= 11 is 0. The minimum atomic E-state index is 1.41. The molecule has 6 aromatic heterocycles. The van der Waals surface area contributed by atoms with Crippen molar-refractivity contribution in [3.8, 4) is 0 Å². The van der Waals surface area contributed by atoms with E-state index in [9.17, 15) is 0 Å². The first-order chi connectivity index (χ1) is 61.2. The third-order valence-corrected chi connectivity index (χ3v) is 37.4. The molecule has 18 rings (SSSR count). The van der Waals surface area contributed by atoms with Crippen molar-refractivity contribution in [1.29, 1.82) is 0 Å². The van der Waals surface area contributed by atoms with Crippen LogP contribution in [-0.4, -0.2) is 27.4 Å². The Morgan fingerprint density at radius 1 is 0.0682 bits per heavy atom. The third-order valence-electron chi connectivity index (χ3n) is 37.4. The van der Waals surface area contributed by atoms with Crippen LogP contribution >= 0.6 is 0 Å². The first kappa shape index (κ1) is 98.9. The summed E-state index contributed by atoms with van der Waals surface area (Å²) in [6.45, 7) is 109. The normalized spacial score (nSPS) is 11.9. The summed E-state index contributed by atoms with van der Waals surface area (Å²) in [4.78, 5) is 0. The molecule has 18 aromatic rings. The van der Waals surface area contributed by atoms with Crippen LogP contribution in [0, 0.1) is 332 Å². The van der Waals surface area contributed by atoms with E-state index < -0.39 is 0 Å². The molecule has 0 unspecified atom stereocenters. The Morgan fingerprint density at radius 3 is 0.167 bits per heavy atom. The van der Waals surface area contributed by atoms with E-state index in [1.54, 1.807) is 0 Å². The van der Waals surface area contributed by atoms with Gasteiger partial charge in [-0.2, -0.15) is 0 Å². The molecule has 0 atom stereocenters. The molecule has 0 spiro atoms. The zero-order valence-electron chi connectivity index (χ0n) is 92.7. The SMILES string of the molecule is Cc1c(C)c(C)c2c(c1C)c1c(C)c(C)c(C)c(C)c1n2C.Cc1c(C)c(C)c2c(c1C)c1c(C)c(C)c(C)c(C)c1n2C.Cc1c(C)c(C)c2c(c1C)c1c(C)c(C)c(C)c(C)c1n2C.Cc1c(C)c(C)c2c(c1C)c1c(C)c(C)c(C)c(C)c1n2C.Cc1c(C)c(C)c2c(c1C)c1c(C)c(C)c(C)c(C)c1n2C.Cc1c(C)c(C)c2c(c1C)c1c(C)c(C)c(C)c(C)c1n2C. The fourth-order valence-corrected chi connectivity index (χ4v) is 24.9. The first-order valence-electron chi connectivity index (χ1n) is 48.9. The van der Waals surface area contributed by atoms with E-state index in [0.717, 1.165) is 0 Å². The number of benzene rings is 12. The highest BCUT2D eigenvalue weighted by Gasteiger charge is 2.30. The molecule has 0 bridgehead atoms. The summed E-state index contributed by atoms with van der Waals surface area (Å²) in [6, 6.07) is 0. The maximum atomic E-state index is 2.42. The molecular weight excluding hydrogens is 1600 g/mol. The molecule has 0 radical (unpaired) electrons. The number of nitrogens with zero attached hydrogens (tertiary/aromatic N) is 6. The summed E-state index contributed by atoms with van der Waals surface area (Å²) in [5.74, 6) is 0. The van der Waals surface area contributed by atoms with Gasteiger partial charge in [0.15, 0.2) is 0 Å². The summed E-state index contributed by atoms with van der Waals surface area (Å²) in [5.41, 5.74) is 85.7. The summed E-state index contributed by atoms with van der Waals surface area (Å²) in [6.07, 6.45) is 0. The smallest absolute Gasteiger partial charge is 0.0524 e. The van der Waals surface area contributed by atoms with Crippen molar-refractivity contribution in [1.82, 2.24) is 27.4 Å². The number of aryl methyl sites for hydroxylation is 30. The number of hydrogen-bond acceptors (Lipinski definition) is 0. The second kappa shape index (κ2) is 34.4. The summed E-state index contributed by atoms with van der Waals surface area (Å²) in [7, 11) is 13.4. The van der Waals surface area contributed by atoms with E-state index in [1.165, 1.54) is 398 Å². The monoisotopic (exact) mass is 1760 g/mol. The van der Waals surface area contributed by atoms with Crippen LogP contribution in [0.25, 0.3) is 131 Å². The van der Waals surface area contributed by atoms with Crippen LogP contribution in [0.2, 0.25) is 0 Å². The third kappa shape index (κ3) is 13.7. The fraction of sp³-hybridized carbons (Fsp3) is 0.429. The second-order valence-electron chi connectivity index (χ2n) is 42.0. The van der Waals surface area contributed by atoms with Gasteiger partial charge in [0, 0.05) is 107 Å². The van der Waals surface area contributed by atoms with Gasteiger partial charge in [-0.3, -0.25) is 0 Å². The first-order valence-corrected chi connectivity index (χ1v) is 48.9. The topological polar surface area (TPSA) is 29.6 Å². The molecule has 0 aliphatic heterocycles. The maximum Gasteiger partial charge on any atom is 0.0524 e. The molecule has 0 N–H and O–H groups in total. The lowest BCUT2D eigenvalue weighted by Gasteiger charge is -2.13. The molecule has 6 heterocycles. The Balaban J connectivity index is 0.000000135. The minimum absolute atomic E-state index is 1.41. The standard InChI is InChI=1S/6C21H27N/c6*1-10-12(3)16(7)20-18(14(10)5)19-15(6)11(2)13(4)17(8)21(19)22(20)9/h6*1-9H3. The Morgan fingerprint density at radius 2 is 0.114 bits per heavy atom. The molecule has 0 saturated heterocycles. The molecule has 0 amide bonds. The highest BCUT2D eigenvalue weighted by molar-refractivity contribution is 6.20. The zero-order chi connectivity index (χ0) is 99.0. The van der Waals surface area contributed by atoms with E-state index in [2.05, 4.69) is 402 Å². The van der Waals surface area contributed by atoms with Gasteiger partial charge in [0.1, 0.15) is 0 Å². The van der Waals surface area contributed by atoms with Crippen LogP contribution in [0.4, 0.5) is 0 Å². The number of fused-ring (bicyclic) bond motifs is 18. The number of aromatic nitrogens is 6. The van der Waals surface area contributed by atoms with Crippen LogP contribution in [0.1, 0.15) is 267 Å². The van der Waals surface area contributed by atoms with Crippen molar-refractivity contribution >= 4 is 131 Å². The average Bonchev–Trinajstić information content (AvgIpc) is 1.59. The highest BCUT2D eigenvalue weighted by Crippen LogP contribution is 2.50. The van der Waals surface area contributed by atoms with Gasteiger partial charge in [0.25, 0.3) is 0 Å². The number of rotatable bonds is 0. The predicted molar refractivity (Wildman–Crippen MR) is 590 cm³/mol. The Hall–Kier alpha value is -10.6. The molecule has 0 saturated carbocycles. The fourth-order valence-electron chi connectivity index (χ4n) is 24.9. The van der Waals surface area contributed by atoms with Gasteiger partial charge < -0.3 is 27.4 Å². The van der Waals surface area contributed by atoms with Gasteiger partial charge in [-0.1, -0.05) is 0 Å². The second-order valence-corrected chi connectivity index (χ2v) is 42.0. The molecule has 0 fully saturated rings. The molecule has 6 nitrogen and oxygen atoms in total. The van der Waals surface area contributed by atoms with Gasteiger partial charge in [0.05, 0.1) is 66.2 Å². The Kier molecular flexibility index (Phi) is 25.8. The molecule has 0 aliphatic rings. The predicted octanol–water partition coefficient (Wildman–Crippen LogP) is 34.8. The quantitative estimate of drug-likeness (QED) is 0.145. The van der Waals surface area contributed by atoms with Crippen molar-refractivity contribution in [2.24, 2.45) is 42.3 Å². The Labute approximate surface area is 794 Å². The lowest BCUT2D eigenvalue weighted by atomic mass is 9.90. The molecule has 0 aliphatic carbocycles. The molecule has 6 heteroatoms. The van der Waals surface area contributed by atoms with Gasteiger partial charge in [-0.05, 0) is 599 Å². The van der Waals surface area contributed by atoms with Gasteiger partial charge in [0.2, 0.25) is 0 Å². The van der Waals surface area contributed by atoms with Gasteiger partial charge in [-0.25, -0.2) is 0 Å². The largest absolute Gasteiger partial charge is 0.343 e. The van der Waals surface area contributed by atoms with Crippen molar-refractivity contribution in [3.05, 3.63) is 267 Å². The molecule has 696 valence electrons. The van der Waals surface area contributed by atoms with E-state index in [1.807, 2.05) is 0 Å². The highest BCUT2D eigenvalue weighted by atomic mass is 15.0. The van der Waals surface area contributed by atoms with Crippen molar-refractivity contribution < 1.29 is 0 Å². The molecular formula is C126H162N6. The lowest BCUT2D eigenvalue weighted by Crippen LogP contribution is -1.97. The molecule has 132 heavy (non-hydrogen) atoms. The van der Waals surface area contributed by atoms with E-state index >= 15 is 0 Å². The van der Waals surface area contributed by atoms with Crippen LogP contribution in [0.15, 0.2) is 0 Å². The summed E-state index contributed by atoms with van der Waals surface area (Å²) < 4.78 is 14.5. The minimum Gasteiger partial charge on any atom is -0.343 e. The zero-order valence-corrected chi connectivity index (χ0v) is 92.7. The van der Waals surface area contributed by atoms with Gasteiger partial charge in [-0.15, -0.1) is 0 Å². The van der Waals surface area contributed by atoms with Gasteiger partial charge >= 0.3 is 0 Å². The molecule has 12 aromatic carbocycles. The van der Waals surface area contributed by atoms with Crippen LogP contribution in [-0.2, 0) is 42.3 Å². The lowest BCUT2D eigenvalue weighted by molar-refractivity contribution is 0.994.